The number of oxazole rings is 1. The van der Waals surface area contributed by atoms with Crippen molar-refractivity contribution in [3.63, 3.8) is 0 Å². The number of carboxylic acids is 1. The molecule has 1 heterocycles. The monoisotopic (exact) mass is 343 g/mol. The second-order valence-corrected chi connectivity index (χ2v) is 6.69. The lowest BCUT2D eigenvalue weighted by molar-refractivity contribution is -0.142. The number of hydrogen-bond donors (Lipinski definition) is 1. The summed E-state index contributed by atoms with van der Waals surface area (Å²) >= 11 is 0. The number of fused-ring (bicyclic) bond motifs is 1. The summed E-state index contributed by atoms with van der Waals surface area (Å²) in [5.74, 6) is 0.828. The van der Waals surface area contributed by atoms with Crippen molar-refractivity contribution < 1.29 is 19.1 Å². The first-order chi connectivity index (χ1) is 12.1. The predicted molar refractivity (Wildman–Crippen MR) is 94.0 cm³/mol. The third-order valence-corrected chi connectivity index (χ3v) is 5.09. The second-order valence-electron chi connectivity index (χ2n) is 6.69. The molecule has 0 amide bonds. The van der Waals surface area contributed by atoms with Crippen LogP contribution in [0.3, 0.4) is 0 Å². The zero-order valence-electron chi connectivity index (χ0n) is 14.8. The van der Waals surface area contributed by atoms with E-state index < -0.39 is 5.97 Å². The van der Waals surface area contributed by atoms with E-state index in [4.69, 9.17) is 9.15 Å². The van der Waals surface area contributed by atoms with Crippen LogP contribution < -0.4 is 4.74 Å². The number of ether oxygens (including phenoxy) is 1. The molecular weight excluding hydrogens is 318 g/mol. The van der Waals surface area contributed by atoms with Gasteiger partial charge in [0.05, 0.1) is 18.2 Å². The Bertz CT molecular complexity index is 737. The summed E-state index contributed by atoms with van der Waals surface area (Å²) < 4.78 is 11.0. The van der Waals surface area contributed by atoms with Crippen LogP contribution in [0.25, 0.3) is 0 Å². The largest absolute Gasteiger partial charge is 0.493 e. The van der Waals surface area contributed by atoms with Crippen LogP contribution in [0.1, 0.15) is 54.7 Å². The summed E-state index contributed by atoms with van der Waals surface area (Å²) in [7, 11) is 0. The van der Waals surface area contributed by atoms with E-state index in [0.29, 0.717) is 13.0 Å². The van der Waals surface area contributed by atoms with Crippen molar-refractivity contribution in [2.75, 3.05) is 6.61 Å². The molecule has 2 unspecified atom stereocenters. The highest BCUT2D eigenvalue weighted by Gasteiger charge is 2.33. The molecule has 1 aromatic carbocycles. The van der Waals surface area contributed by atoms with E-state index in [2.05, 4.69) is 17.1 Å². The predicted octanol–water partition coefficient (Wildman–Crippen LogP) is 4.14. The molecule has 3 rings (SSSR count). The van der Waals surface area contributed by atoms with Crippen LogP contribution in [0.5, 0.6) is 5.75 Å². The summed E-state index contributed by atoms with van der Waals surface area (Å²) in [4.78, 5) is 15.8. The molecule has 5 heteroatoms. The van der Waals surface area contributed by atoms with Gasteiger partial charge in [0.25, 0.3) is 0 Å². The molecule has 0 aliphatic heterocycles. The highest BCUT2D eigenvalue weighted by Crippen LogP contribution is 2.41. The molecule has 0 radical (unpaired) electrons. The summed E-state index contributed by atoms with van der Waals surface area (Å²) in [5.41, 5.74) is 3.33. The van der Waals surface area contributed by atoms with Gasteiger partial charge in [0.15, 0.2) is 6.39 Å². The van der Waals surface area contributed by atoms with Crippen molar-refractivity contribution in [2.45, 2.75) is 51.9 Å². The molecular formula is C20H25NO4. The number of aryl methyl sites for hydroxylation is 2. The third kappa shape index (κ3) is 3.86. The van der Waals surface area contributed by atoms with Gasteiger partial charge in [0.2, 0.25) is 0 Å². The number of carbonyl (C=O) groups is 1. The Morgan fingerprint density at radius 3 is 3.00 bits per heavy atom. The molecule has 5 nitrogen and oxygen atoms in total. The number of aromatic nitrogens is 1. The van der Waals surface area contributed by atoms with E-state index in [1.807, 2.05) is 19.9 Å². The summed E-state index contributed by atoms with van der Waals surface area (Å²) in [5, 5.41) is 9.54. The minimum atomic E-state index is -0.678. The van der Waals surface area contributed by atoms with E-state index in [-0.39, 0.29) is 11.8 Å². The van der Waals surface area contributed by atoms with Crippen LogP contribution >= 0.6 is 0 Å². The van der Waals surface area contributed by atoms with Crippen molar-refractivity contribution in [3.05, 3.63) is 47.2 Å². The van der Waals surface area contributed by atoms with Gasteiger partial charge in [-0.15, -0.1) is 0 Å². The Hall–Kier alpha value is -2.30. The third-order valence-electron chi connectivity index (χ3n) is 5.09. The summed E-state index contributed by atoms with van der Waals surface area (Å²) in [6, 6.07) is 6.07. The van der Waals surface area contributed by atoms with Gasteiger partial charge < -0.3 is 14.3 Å². The Morgan fingerprint density at radius 2 is 2.32 bits per heavy atom. The fraction of sp³-hybridized carbons (Fsp3) is 0.500. The van der Waals surface area contributed by atoms with Crippen molar-refractivity contribution in [1.29, 1.82) is 0 Å². The molecule has 0 saturated carbocycles. The van der Waals surface area contributed by atoms with Gasteiger partial charge in [-0.1, -0.05) is 19.4 Å². The molecule has 0 saturated heterocycles. The number of carboxylic acid groups (broad SMARTS) is 1. The van der Waals surface area contributed by atoms with Gasteiger partial charge in [-0.05, 0) is 55.4 Å². The molecule has 25 heavy (non-hydrogen) atoms. The Morgan fingerprint density at radius 1 is 1.48 bits per heavy atom. The minimum Gasteiger partial charge on any atom is -0.493 e. The number of nitrogens with zero attached hydrogens (tertiary/aromatic N) is 1. The second kappa shape index (κ2) is 7.72. The molecule has 134 valence electrons. The van der Waals surface area contributed by atoms with E-state index >= 15 is 0 Å². The van der Waals surface area contributed by atoms with Gasteiger partial charge in [0.1, 0.15) is 11.5 Å². The smallest absolute Gasteiger partial charge is 0.307 e. The van der Waals surface area contributed by atoms with Gasteiger partial charge in [-0.3, -0.25) is 4.79 Å². The van der Waals surface area contributed by atoms with Gasteiger partial charge in [0, 0.05) is 6.42 Å². The van der Waals surface area contributed by atoms with Gasteiger partial charge in [-0.25, -0.2) is 4.98 Å². The molecule has 1 aliphatic carbocycles. The van der Waals surface area contributed by atoms with Gasteiger partial charge in [-0.2, -0.15) is 0 Å². The molecule has 1 aliphatic rings. The highest BCUT2D eigenvalue weighted by atomic mass is 16.5. The van der Waals surface area contributed by atoms with Crippen LogP contribution in [-0.2, 0) is 17.6 Å². The average molecular weight is 343 g/mol. The molecule has 1 aromatic heterocycles. The normalized spacial score (nSPS) is 17.3. The zero-order chi connectivity index (χ0) is 17.8. The molecule has 2 atom stereocenters. The summed E-state index contributed by atoms with van der Waals surface area (Å²) in [6.45, 7) is 4.48. The Labute approximate surface area is 148 Å². The lowest BCUT2D eigenvalue weighted by atomic mass is 9.84. The highest BCUT2D eigenvalue weighted by molar-refractivity contribution is 5.72. The van der Waals surface area contributed by atoms with Crippen molar-refractivity contribution in [3.8, 4) is 5.75 Å². The quantitative estimate of drug-likeness (QED) is 0.780. The lowest BCUT2D eigenvalue weighted by Crippen LogP contribution is -2.20. The van der Waals surface area contributed by atoms with E-state index in [9.17, 15) is 9.90 Å². The maximum absolute atomic E-state index is 11.6. The van der Waals surface area contributed by atoms with Gasteiger partial charge >= 0.3 is 5.97 Å². The number of hydrogen-bond acceptors (Lipinski definition) is 4. The van der Waals surface area contributed by atoms with Crippen LogP contribution in [0, 0.1) is 12.8 Å². The fourth-order valence-corrected chi connectivity index (χ4v) is 3.78. The molecule has 0 fully saturated rings. The standard InChI is InChI=1S/C20H25NO4/c1-3-4-18(20(22)23)17-7-5-14-11-15(6-8-16(14)17)24-10-9-19-13(2)25-12-21-19/h6,8,11-12,17-18H,3-5,7,9-10H2,1-2H3,(H,22,23). The molecule has 2 aromatic rings. The van der Waals surface area contributed by atoms with E-state index in [1.54, 1.807) is 0 Å². The van der Waals surface area contributed by atoms with Crippen molar-refractivity contribution in [1.82, 2.24) is 4.98 Å². The molecule has 1 N–H and O–H groups in total. The van der Waals surface area contributed by atoms with E-state index in [1.165, 1.54) is 17.5 Å². The number of rotatable bonds is 8. The Balaban J connectivity index is 1.65. The first-order valence-corrected chi connectivity index (χ1v) is 8.97. The zero-order valence-corrected chi connectivity index (χ0v) is 14.8. The Kier molecular flexibility index (Phi) is 5.41. The summed E-state index contributed by atoms with van der Waals surface area (Å²) in [6.07, 6.45) is 5.62. The maximum atomic E-state index is 11.6. The van der Waals surface area contributed by atoms with Crippen LogP contribution in [0.2, 0.25) is 0 Å². The van der Waals surface area contributed by atoms with Crippen LogP contribution in [0.15, 0.2) is 29.0 Å². The lowest BCUT2D eigenvalue weighted by Gasteiger charge is -2.20. The first kappa shape index (κ1) is 17.5. The van der Waals surface area contributed by atoms with Crippen LogP contribution in [0.4, 0.5) is 0 Å². The number of benzene rings is 1. The molecule has 0 bridgehead atoms. The maximum Gasteiger partial charge on any atom is 0.307 e. The van der Waals surface area contributed by atoms with Crippen LogP contribution in [-0.4, -0.2) is 22.7 Å². The average Bonchev–Trinajstić information content (AvgIpc) is 3.18. The number of aliphatic carboxylic acids is 1. The fourth-order valence-electron chi connectivity index (χ4n) is 3.78. The topological polar surface area (TPSA) is 72.6 Å². The van der Waals surface area contributed by atoms with Crippen molar-refractivity contribution in [2.24, 2.45) is 5.92 Å². The van der Waals surface area contributed by atoms with E-state index in [0.717, 1.165) is 42.9 Å². The SMILES string of the molecule is CCCC(C(=O)O)C1CCc2cc(OCCc3ncoc3C)ccc21. The molecule has 0 spiro atoms. The minimum absolute atomic E-state index is 0.124. The van der Waals surface area contributed by atoms with Crippen molar-refractivity contribution >= 4 is 5.97 Å². The first-order valence-electron chi connectivity index (χ1n) is 8.97.